The van der Waals surface area contributed by atoms with E-state index >= 15 is 0 Å². The molecule has 0 saturated carbocycles. The van der Waals surface area contributed by atoms with Crippen molar-refractivity contribution in [1.82, 2.24) is 4.72 Å². The predicted octanol–water partition coefficient (Wildman–Crippen LogP) is 2.64. The molecule has 0 saturated heterocycles. The fraction of sp³-hybridized carbons (Fsp3) is 0.500. The van der Waals surface area contributed by atoms with Crippen LogP contribution in [0.3, 0.4) is 0 Å². The van der Waals surface area contributed by atoms with Gasteiger partial charge in [-0.3, -0.25) is 0 Å². The van der Waals surface area contributed by atoms with Crippen molar-refractivity contribution in [3.8, 4) is 5.75 Å². The molecule has 0 bridgehead atoms. The maximum atomic E-state index is 13.1. The lowest BCUT2D eigenvalue weighted by molar-refractivity contribution is 0.456. The molecule has 0 aliphatic heterocycles. The third kappa shape index (κ3) is 3.87. The summed E-state index contributed by atoms with van der Waals surface area (Å²) in [7, 11) is 0. The van der Waals surface area contributed by atoms with Crippen LogP contribution in [0, 0.1) is 5.82 Å². The van der Waals surface area contributed by atoms with Gasteiger partial charge in [-0.25, -0.2) is 4.39 Å². The number of rotatable bonds is 3. The molecule has 0 fully saturated rings. The standard InChI is InChI=1S/C12H18FNO2S/c1-8(14-17(16)12(2,3)4)10-7-9(13)5-6-11(10)15/h5-8,14-15H,1-4H3/t8-,17?/m0/s1. The van der Waals surface area contributed by atoms with Gasteiger partial charge < -0.3 is 9.66 Å². The Hall–Kier alpha value is -0.780. The fourth-order valence-electron chi connectivity index (χ4n) is 1.27. The molecular formula is C12H18FNO2S. The SMILES string of the molecule is C[C@H](N[S+]([O-])C(C)(C)C)c1cc(F)ccc1O. The van der Waals surface area contributed by atoms with Crippen LogP contribution in [0.4, 0.5) is 4.39 Å². The van der Waals surface area contributed by atoms with E-state index in [9.17, 15) is 14.0 Å². The highest BCUT2D eigenvalue weighted by Crippen LogP contribution is 2.26. The quantitative estimate of drug-likeness (QED) is 0.820. The van der Waals surface area contributed by atoms with Crippen molar-refractivity contribution in [2.75, 3.05) is 0 Å². The molecular weight excluding hydrogens is 241 g/mol. The molecule has 5 heteroatoms. The van der Waals surface area contributed by atoms with Gasteiger partial charge >= 0.3 is 0 Å². The van der Waals surface area contributed by atoms with Crippen LogP contribution in [0.2, 0.25) is 0 Å². The van der Waals surface area contributed by atoms with Gasteiger partial charge in [-0.05, 0) is 45.9 Å². The third-order valence-electron chi connectivity index (χ3n) is 2.30. The van der Waals surface area contributed by atoms with Gasteiger partial charge in [-0.15, -0.1) is 4.72 Å². The Balaban J connectivity index is 2.83. The number of hydrogen-bond donors (Lipinski definition) is 2. The first-order valence-corrected chi connectivity index (χ1v) is 6.53. The van der Waals surface area contributed by atoms with Crippen LogP contribution in [0.25, 0.3) is 0 Å². The smallest absolute Gasteiger partial charge is 0.136 e. The molecule has 1 aromatic rings. The van der Waals surface area contributed by atoms with Crippen LogP contribution in [-0.4, -0.2) is 14.4 Å². The van der Waals surface area contributed by atoms with Crippen molar-refractivity contribution >= 4 is 11.4 Å². The molecule has 2 atom stereocenters. The molecule has 0 aromatic heterocycles. The average molecular weight is 259 g/mol. The highest BCUT2D eigenvalue weighted by atomic mass is 32.2. The largest absolute Gasteiger partial charge is 0.598 e. The first-order valence-electron chi connectivity index (χ1n) is 5.38. The number of phenolic OH excluding ortho intramolecular Hbond substituents is 1. The number of nitrogens with one attached hydrogen (secondary N) is 1. The normalized spacial score (nSPS) is 15.6. The summed E-state index contributed by atoms with van der Waals surface area (Å²) in [6, 6.07) is 3.34. The molecule has 0 aliphatic rings. The predicted molar refractivity (Wildman–Crippen MR) is 67.5 cm³/mol. The summed E-state index contributed by atoms with van der Waals surface area (Å²) in [5, 5.41) is 9.62. The van der Waals surface area contributed by atoms with Crippen molar-refractivity contribution in [3.05, 3.63) is 29.6 Å². The van der Waals surface area contributed by atoms with Gasteiger partial charge in [0.2, 0.25) is 0 Å². The van der Waals surface area contributed by atoms with E-state index in [4.69, 9.17) is 0 Å². The Bertz CT molecular complexity index is 393. The Morgan fingerprint density at radius 3 is 2.53 bits per heavy atom. The van der Waals surface area contributed by atoms with Crippen LogP contribution >= 0.6 is 0 Å². The minimum absolute atomic E-state index is 0.00249. The maximum Gasteiger partial charge on any atom is 0.136 e. The van der Waals surface area contributed by atoms with E-state index in [1.54, 1.807) is 6.92 Å². The second kappa shape index (κ2) is 5.25. The van der Waals surface area contributed by atoms with E-state index in [1.807, 2.05) is 20.8 Å². The first kappa shape index (κ1) is 14.3. The molecule has 0 spiro atoms. The molecule has 1 rings (SSSR count). The highest BCUT2D eigenvalue weighted by Gasteiger charge is 2.29. The van der Waals surface area contributed by atoms with Crippen LogP contribution < -0.4 is 4.72 Å². The minimum atomic E-state index is -1.27. The molecule has 1 aromatic carbocycles. The summed E-state index contributed by atoms with van der Waals surface area (Å²) in [6.45, 7) is 7.26. The van der Waals surface area contributed by atoms with Gasteiger partial charge in [-0.2, -0.15) is 0 Å². The van der Waals surface area contributed by atoms with Crippen molar-refractivity contribution in [2.45, 2.75) is 38.5 Å². The van der Waals surface area contributed by atoms with Gasteiger partial charge in [0.25, 0.3) is 0 Å². The molecule has 3 nitrogen and oxygen atoms in total. The van der Waals surface area contributed by atoms with Crippen molar-refractivity contribution < 1.29 is 14.0 Å². The molecule has 17 heavy (non-hydrogen) atoms. The Labute approximate surface area is 104 Å². The number of benzene rings is 1. The van der Waals surface area contributed by atoms with Crippen LogP contribution in [0.5, 0.6) is 5.75 Å². The Morgan fingerprint density at radius 2 is 2.00 bits per heavy atom. The van der Waals surface area contributed by atoms with Gasteiger partial charge in [0.05, 0.1) is 6.04 Å². The van der Waals surface area contributed by atoms with E-state index in [0.717, 1.165) is 0 Å². The second-order valence-electron chi connectivity index (χ2n) is 4.92. The molecule has 0 aliphatic carbocycles. The molecule has 0 radical (unpaired) electrons. The zero-order valence-corrected chi connectivity index (χ0v) is 11.3. The van der Waals surface area contributed by atoms with Crippen molar-refractivity contribution in [1.29, 1.82) is 0 Å². The van der Waals surface area contributed by atoms with E-state index in [2.05, 4.69) is 4.72 Å². The highest BCUT2D eigenvalue weighted by molar-refractivity contribution is 7.90. The summed E-state index contributed by atoms with van der Waals surface area (Å²) in [4.78, 5) is 0. The van der Waals surface area contributed by atoms with Crippen LogP contribution in [0.1, 0.15) is 39.3 Å². The maximum absolute atomic E-state index is 13.1. The first-order chi connectivity index (χ1) is 7.71. The van der Waals surface area contributed by atoms with E-state index < -0.39 is 21.9 Å². The van der Waals surface area contributed by atoms with Gasteiger partial charge in [-0.1, -0.05) is 0 Å². The second-order valence-corrected chi connectivity index (χ2v) is 6.92. The lowest BCUT2D eigenvalue weighted by Crippen LogP contribution is -2.40. The van der Waals surface area contributed by atoms with Gasteiger partial charge in [0.15, 0.2) is 0 Å². The summed E-state index contributed by atoms with van der Waals surface area (Å²) in [6.07, 6.45) is 0. The number of hydrogen-bond acceptors (Lipinski definition) is 3. The zero-order valence-electron chi connectivity index (χ0n) is 10.5. The Morgan fingerprint density at radius 1 is 1.41 bits per heavy atom. The molecule has 0 amide bonds. The third-order valence-corrected chi connectivity index (χ3v) is 3.98. The van der Waals surface area contributed by atoms with Crippen molar-refractivity contribution in [2.24, 2.45) is 0 Å². The molecule has 0 heterocycles. The van der Waals surface area contributed by atoms with Crippen molar-refractivity contribution in [3.63, 3.8) is 0 Å². The number of halogens is 1. The van der Waals surface area contributed by atoms with Gasteiger partial charge in [0.1, 0.15) is 16.3 Å². The number of aromatic hydroxyl groups is 1. The van der Waals surface area contributed by atoms with E-state index in [1.165, 1.54) is 18.2 Å². The van der Waals surface area contributed by atoms with E-state index in [-0.39, 0.29) is 11.8 Å². The minimum Gasteiger partial charge on any atom is -0.598 e. The van der Waals surface area contributed by atoms with E-state index in [0.29, 0.717) is 5.56 Å². The summed E-state index contributed by atoms with van der Waals surface area (Å²) < 4.78 is 27.4. The average Bonchev–Trinajstić information content (AvgIpc) is 2.20. The fourth-order valence-corrected chi connectivity index (χ4v) is 2.07. The summed E-state index contributed by atoms with van der Waals surface area (Å²) in [5.74, 6) is -0.426. The van der Waals surface area contributed by atoms with Gasteiger partial charge in [0, 0.05) is 16.9 Å². The van der Waals surface area contributed by atoms with Crippen LogP contribution in [0.15, 0.2) is 18.2 Å². The molecule has 2 N–H and O–H groups in total. The zero-order chi connectivity index (χ0) is 13.2. The lowest BCUT2D eigenvalue weighted by Gasteiger charge is -2.26. The molecule has 1 unspecified atom stereocenters. The number of phenols is 1. The topological polar surface area (TPSA) is 55.3 Å². The van der Waals surface area contributed by atoms with Crippen LogP contribution in [-0.2, 0) is 11.4 Å². The lowest BCUT2D eigenvalue weighted by atomic mass is 10.1. The summed E-state index contributed by atoms with van der Waals surface area (Å²) >= 11 is -1.27. The molecule has 96 valence electrons. The monoisotopic (exact) mass is 259 g/mol. The summed E-state index contributed by atoms with van der Waals surface area (Å²) in [5.41, 5.74) is 0.405. The Kier molecular flexibility index (Phi) is 4.41.